The van der Waals surface area contributed by atoms with Gasteiger partial charge in [-0.3, -0.25) is 0 Å². The van der Waals surface area contributed by atoms with Gasteiger partial charge >= 0.3 is 0 Å². The van der Waals surface area contributed by atoms with Crippen molar-refractivity contribution in [2.45, 2.75) is 6.92 Å². The first-order chi connectivity index (χ1) is 4.71. The molecule has 0 amide bonds. The number of nitrogens with one attached hydrogen (secondary N) is 1. The Bertz CT molecular complexity index is 146. The second-order valence-electron chi connectivity index (χ2n) is 4.18. The summed E-state index contributed by atoms with van der Waals surface area (Å²) in [7, 11) is 2.23. The maximum Gasteiger partial charge on any atom is 0.00482 e. The summed E-state index contributed by atoms with van der Waals surface area (Å²) in [6, 6.07) is 0. The molecule has 0 radical (unpaired) electrons. The van der Waals surface area contributed by atoms with Gasteiger partial charge in [0.15, 0.2) is 0 Å². The quantitative estimate of drug-likeness (QED) is 0.515. The Morgan fingerprint density at radius 3 is 3.10 bits per heavy atom. The molecule has 0 unspecified atom stereocenters. The highest BCUT2D eigenvalue weighted by molar-refractivity contribution is 4.99. The van der Waals surface area contributed by atoms with Crippen molar-refractivity contribution in [1.82, 2.24) is 10.2 Å². The van der Waals surface area contributed by atoms with Crippen LogP contribution >= 0.6 is 0 Å². The highest BCUT2D eigenvalue weighted by Crippen LogP contribution is 2.37. The van der Waals surface area contributed by atoms with E-state index < -0.39 is 0 Å². The van der Waals surface area contributed by atoms with Crippen LogP contribution in [0.3, 0.4) is 0 Å². The fraction of sp³-hybridized carbons (Fsp3) is 1.00. The van der Waals surface area contributed by atoms with Crippen LogP contribution in [0.15, 0.2) is 0 Å². The van der Waals surface area contributed by atoms with Crippen molar-refractivity contribution in [2.24, 2.45) is 11.3 Å². The molecule has 2 heterocycles. The lowest BCUT2D eigenvalue weighted by Gasteiger charge is -2.20. The van der Waals surface area contributed by atoms with Crippen molar-refractivity contribution in [2.75, 3.05) is 33.2 Å². The number of hydrogen-bond donors (Lipinski definition) is 1. The molecule has 2 nitrogen and oxygen atoms in total. The van der Waals surface area contributed by atoms with E-state index in [0.29, 0.717) is 5.41 Å². The van der Waals surface area contributed by atoms with Crippen LogP contribution in [-0.4, -0.2) is 38.1 Å². The molecule has 2 atom stereocenters. The van der Waals surface area contributed by atoms with Gasteiger partial charge in [0.05, 0.1) is 0 Å². The molecule has 58 valence electrons. The molecule has 0 aromatic rings. The van der Waals surface area contributed by atoms with Crippen LogP contribution in [0.25, 0.3) is 0 Å². The second kappa shape index (κ2) is 1.95. The molecule has 0 aromatic heterocycles. The predicted octanol–water partition coefficient (Wildman–Crippen LogP) is 0.157. The zero-order valence-corrected chi connectivity index (χ0v) is 6.85. The van der Waals surface area contributed by atoms with Crippen LogP contribution in [0.1, 0.15) is 6.92 Å². The van der Waals surface area contributed by atoms with Crippen molar-refractivity contribution >= 4 is 0 Å². The largest absolute Gasteiger partial charge is 0.316 e. The smallest absolute Gasteiger partial charge is 0.00482 e. The van der Waals surface area contributed by atoms with E-state index in [1.165, 1.54) is 26.2 Å². The van der Waals surface area contributed by atoms with Gasteiger partial charge in [-0.1, -0.05) is 6.92 Å². The average molecular weight is 140 g/mol. The summed E-state index contributed by atoms with van der Waals surface area (Å²) in [6.45, 7) is 7.44. The fourth-order valence-corrected chi connectivity index (χ4v) is 2.45. The Balaban J connectivity index is 2.15. The molecule has 0 spiro atoms. The zero-order chi connectivity index (χ0) is 7.19. The van der Waals surface area contributed by atoms with Crippen molar-refractivity contribution in [3.8, 4) is 0 Å². The van der Waals surface area contributed by atoms with Gasteiger partial charge in [0.1, 0.15) is 0 Å². The van der Waals surface area contributed by atoms with E-state index in [2.05, 4.69) is 24.2 Å². The number of fused-ring (bicyclic) bond motifs is 1. The molecular formula is C8H16N2. The third kappa shape index (κ3) is 0.789. The molecule has 2 aliphatic heterocycles. The van der Waals surface area contributed by atoms with Crippen LogP contribution in [0.5, 0.6) is 0 Å². The van der Waals surface area contributed by atoms with Crippen LogP contribution in [-0.2, 0) is 0 Å². The van der Waals surface area contributed by atoms with E-state index in [0.717, 1.165) is 5.92 Å². The molecule has 0 aromatic carbocycles. The third-order valence-corrected chi connectivity index (χ3v) is 3.07. The molecule has 0 aliphatic carbocycles. The molecule has 2 fully saturated rings. The average Bonchev–Trinajstić information content (AvgIpc) is 2.20. The van der Waals surface area contributed by atoms with E-state index in [9.17, 15) is 0 Å². The summed E-state index contributed by atoms with van der Waals surface area (Å²) >= 11 is 0. The number of rotatable bonds is 0. The van der Waals surface area contributed by atoms with Crippen molar-refractivity contribution < 1.29 is 0 Å². The number of nitrogens with zero attached hydrogens (tertiary/aromatic N) is 1. The monoisotopic (exact) mass is 140 g/mol. The zero-order valence-electron chi connectivity index (χ0n) is 6.85. The Labute approximate surface area is 62.6 Å². The summed E-state index contributed by atoms with van der Waals surface area (Å²) in [6.07, 6.45) is 0. The highest BCUT2D eigenvalue weighted by Gasteiger charge is 2.44. The lowest BCUT2D eigenvalue weighted by Crippen LogP contribution is -2.27. The Kier molecular flexibility index (Phi) is 1.29. The molecule has 10 heavy (non-hydrogen) atoms. The maximum absolute atomic E-state index is 3.46. The van der Waals surface area contributed by atoms with Gasteiger partial charge < -0.3 is 10.2 Å². The van der Waals surface area contributed by atoms with E-state index in [-0.39, 0.29) is 0 Å². The van der Waals surface area contributed by atoms with Gasteiger partial charge in [-0.15, -0.1) is 0 Å². The summed E-state index contributed by atoms with van der Waals surface area (Å²) in [5.41, 5.74) is 0.592. The SMILES string of the molecule is CN1C[C@@H]2CNC[C@]2(C)C1. The minimum absolute atomic E-state index is 0.592. The molecule has 1 N–H and O–H groups in total. The maximum atomic E-state index is 3.46. The van der Waals surface area contributed by atoms with E-state index in [1.54, 1.807) is 0 Å². The predicted molar refractivity (Wildman–Crippen MR) is 42.0 cm³/mol. The number of likely N-dealkylation sites (tertiary alicyclic amines) is 1. The summed E-state index contributed by atoms with van der Waals surface area (Å²) in [4.78, 5) is 2.45. The van der Waals surface area contributed by atoms with Crippen LogP contribution in [0.4, 0.5) is 0 Å². The standard InChI is InChI=1S/C8H16N2/c1-8-5-9-3-7(8)4-10(2)6-8/h7,9H,3-6H2,1-2H3/t7-,8+/m0/s1. The number of hydrogen-bond acceptors (Lipinski definition) is 2. The van der Waals surface area contributed by atoms with Gasteiger partial charge in [0.25, 0.3) is 0 Å². The van der Waals surface area contributed by atoms with Gasteiger partial charge in [0, 0.05) is 19.6 Å². The Morgan fingerprint density at radius 2 is 2.40 bits per heavy atom. The Hall–Kier alpha value is -0.0800. The van der Waals surface area contributed by atoms with Crippen LogP contribution in [0.2, 0.25) is 0 Å². The van der Waals surface area contributed by atoms with Crippen LogP contribution in [0, 0.1) is 11.3 Å². The van der Waals surface area contributed by atoms with Gasteiger partial charge in [-0.05, 0) is 24.9 Å². The molecule has 2 aliphatic rings. The van der Waals surface area contributed by atoms with Crippen molar-refractivity contribution in [1.29, 1.82) is 0 Å². The molecular weight excluding hydrogens is 124 g/mol. The minimum Gasteiger partial charge on any atom is -0.316 e. The summed E-state index contributed by atoms with van der Waals surface area (Å²) in [5, 5.41) is 3.46. The third-order valence-electron chi connectivity index (χ3n) is 3.07. The fourth-order valence-electron chi connectivity index (χ4n) is 2.45. The lowest BCUT2D eigenvalue weighted by atomic mass is 9.83. The highest BCUT2D eigenvalue weighted by atomic mass is 15.2. The van der Waals surface area contributed by atoms with Crippen LogP contribution < -0.4 is 5.32 Å². The molecule has 2 heteroatoms. The van der Waals surface area contributed by atoms with Crippen molar-refractivity contribution in [3.63, 3.8) is 0 Å². The van der Waals surface area contributed by atoms with Gasteiger partial charge in [-0.2, -0.15) is 0 Å². The summed E-state index contributed by atoms with van der Waals surface area (Å²) in [5.74, 6) is 0.914. The molecule has 0 saturated carbocycles. The summed E-state index contributed by atoms with van der Waals surface area (Å²) < 4.78 is 0. The first-order valence-corrected chi connectivity index (χ1v) is 4.10. The topological polar surface area (TPSA) is 15.3 Å². The van der Waals surface area contributed by atoms with Gasteiger partial charge in [0.2, 0.25) is 0 Å². The van der Waals surface area contributed by atoms with E-state index in [1.807, 2.05) is 0 Å². The first kappa shape index (κ1) is 6.62. The van der Waals surface area contributed by atoms with Crippen molar-refractivity contribution in [3.05, 3.63) is 0 Å². The minimum atomic E-state index is 0.592. The van der Waals surface area contributed by atoms with E-state index in [4.69, 9.17) is 0 Å². The first-order valence-electron chi connectivity index (χ1n) is 4.10. The van der Waals surface area contributed by atoms with Gasteiger partial charge in [-0.25, -0.2) is 0 Å². The normalized spacial score (nSPS) is 48.0. The molecule has 0 bridgehead atoms. The molecule has 2 rings (SSSR count). The molecule has 2 saturated heterocycles. The second-order valence-corrected chi connectivity index (χ2v) is 4.18. The van der Waals surface area contributed by atoms with E-state index >= 15 is 0 Å². The lowest BCUT2D eigenvalue weighted by molar-refractivity contribution is 0.309. The Morgan fingerprint density at radius 1 is 1.60 bits per heavy atom.